The molecule has 2 aromatic heterocycles. The maximum Gasteiger partial charge on any atom is 0.351 e. The van der Waals surface area contributed by atoms with Crippen LogP contribution in [0.4, 0.5) is 0 Å². The van der Waals surface area contributed by atoms with Gasteiger partial charge in [0.2, 0.25) is 0 Å². The maximum atomic E-state index is 12.2. The molecule has 3 aromatic rings. The van der Waals surface area contributed by atoms with Crippen molar-refractivity contribution in [2.75, 3.05) is 7.05 Å². The molecule has 5 nitrogen and oxygen atoms in total. The molecule has 0 aliphatic rings. The largest absolute Gasteiger partial charge is 0.351 e. The Balaban J connectivity index is 1.80. The van der Waals surface area contributed by atoms with Crippen LogP contribution < -0.4 is 5.69 Å². The molecule has 3 rings (SSSR count). The van der Waals surface area contributed by atoms with Crippen LogP contribution in [0.1, 0.15) is 5.56 Å². The zero-order valence-electron chi connectivity index (χ0n) is 11.6. The Morgan fingerprint density at radius 3 is 2.71 bits per heavy atom. The van der Waals surface area contributed by atoms with Crippen LogP contribution in [0.15, 0.2) is 53.5 Å². The van der Waals surface area contributed by atoms with Gasteiger partial charge in [0.1, 0.15) is 0 Å². The van der Waals surface area contributed by atoms with Gasteiger partial charge in [0.05, 0.1) is 6.67 Å². The molecule has 0 atom stereocenters. The lowest BCUT2D eigenvalue weighted by Gasteiger charge is -2.16. The molecule has 0 unspecified atom stereocenters. The SMILES string of the molecule is CN(Cc1ccccc1Cl)Cn1nc2ccccn2c1=O. The monoisotopic (exact) mass is 302 g/mol. The molecule has 1 aromatic carbocycles. The van der Waals surface area contributed by atoms with E-state index in [1.807, 2.05) is 54.4 Å². The van der Waals surface area contributed by atoms with E-state index >= 15 is 0 Å². The average molecular weight is 303 g/mol. The van der Waals surface area contributed by atoms with Crippen molar-refractivity contribution in [3.05, 3.63) is 69.7 Å². The minimum Gasteiger partial charge on any atom is -0.283 e. The number of hydrogen-bond donors (Lipinski definition) is 0. The molecule has 0 N–H and O–H groups in total. The molecule has 21 heavy (non-hydrogen) atoms. The second kappa shape index (κ2) is 5.71. The Morgan fingerprint density at radius 2 is 1.95 bits per heavy atom. The lowest BCUT2D eigenvalue weighted by molar-refractivity contribution is 0.242. The first-order valence-electron chi connectivity index (χ1n) is 6.61. The zero-order valence-corrected chi connectivity index (χ0v) is 12.4. The van der Waals surface area contributed by atoms with Crippen LogP contribution in [0.25, 0.3) is 5.65 Å². The van der Waals surface area contributed by atoms with Gasteiger partial charge in [-0.2, -0.15) is 4.68 Å². The molecule has 0 saturated carbocycles. The third-order valence-electron chi connectivity index (χ3n) is 3.26. The lowest BCUT2D eigenvalue weighted by atomic mass is 10.2. The molecule has 6 heteroatoms. The Hall–Kier alpha value is -2.11. The highest BCUT2D eigenvalue weighted by Crippen LogP contribution is 2.16. The number of halogens is 1. The van der Waals surface area contributed by atoms with Gasteiger partial charge in [-0.05, 0) is 30.8 Å². The van der Waals surface area contributed by atoms with Gasteiger partial charge in [0.25, 0.3) is 0 Å². The highest BCUT2D eigenvalue weighted by Gasteiger charge is 2.09. The summed E-state index contributed by atoms with van der Waals surface area (Å²) in [6, 6.07) is 13.2. The van der Waals surface area contributed by atoms with Gasteiger partial charge in [-0.3, -0.25) is 9.30 Å². The van der Waals surface area contributed by atoms with Crippen LogP contribution >= 0.6 is 11.6 Å². The molecule has 2 heterocycles. The van der Waals surface area contributed by atoms with Gasteiger partial charge in [-0.15, -0.1) is 5.10 Å². The average Bonchev–Trinajstić information content (AvgIpc) is 2.78. The van der Waals surface area contributed by atoms with Crippen molar-refractivity contribution >= 4 is 17.2 Å². The van der Waals surface area contributed by atoms with Crippen LogP contribution in [-0.4, -0.2) is 26.1 Å². The highest BCUT2D eigenvalue weighted by atomic mass is 35.5. The van der Waals surface area contributed by atoms with Crippen molar-refractivity contribution in [3.8, 4) is 0 Å². The number of aromatic nitrogens is 3. The third-order valence-corrected chi connectivity index (χ3v) is 3.63. The zero-order chi connectivity index (χ0) is 14.8. The summed E-state index contributed by atoms with van der Waals surface area (Å²) >= 11 is 6.15. The van der Waals surface area contributed by atoms with Crippen molar-refractivity contribution in [3.63, 3.8) is 0 Å². The fourth-order valence-electron chi connectivity index (χ4n) is 2.26. The van der Waals surface area contributed by atoms with Crippen LogP contribution in [0.2, 0.25) is 5.02 Å². The summed E-state index contributed by atoms with van der Waals surface area (Å²) in [5.74, 6) is 0. The fraction of sp³-hybridized carbons (Fsp3) is 0.200. The number of fused-ring (bicyclic) bond motifs is 1. The van der Waals surface area contributed by atoms with E-state index in [-0.39, 0.29) is 5.69 Å². The minimum atomic E-state index is -0.142. The summed E-state index contributed by atoms with van der Waals surface area (Å²) in [5, 5.41) is 5.04. The van der Waals surface area contributed by atoms with E-state index in [0.29, 0.717) is 18.9 Å². The minimum absolute atomic E-state index is 0.142. The summed E-state index contributed by atoms with van der Waals surface area (Å²) in [4.78, 5) is 14.2. The highest BCUT2D eigenvalue weighted by molar-refractivity contribution is 6.31. The second-order valence-corrected chi connectivity index (χ2v) is 5.37. The number of nitrogens with zero attached hydrogens (tertiary/aromatic N) is 4. The molecular weight excluding hydrogens is 288 g/mol. The van der Waals surface area contributed by atoms with E-state index in [0.717, 1.165) is 10.6 Å². The molecule has 0 saturated heterocycles. The van der Waals surface area contributed by atoms with E-state index in [1.54, 1.807) is 6.20 Å². The van der Waals surface area contributed by atoms with E-state index in [4.69, 9.17) is 11.6 Å². The van der Waals surface area contributed by atoms with Crippen LogP contribution in [-0.2, 0) is 13.2 Å². The summed E-state index contributed by atoms with van der Waals surface area (Å²) in [6.07, 6.45) is 1.72. The molecular formula is C15H15ClN4O. The molecule has 0 aliphatic heterocycles. The molecule has 0 spiro atoms. The molecule has 0 bridgehead atoms. The molecule has 0 radical (unpaired) electrons. The Labute approximate surface area is 127 Å². The third kappa shape index (κ3) is 2.84. The van der Waals surface area contributed by atoms with Crippen molar-refractivity contribution in [2.24, 2.45) is 0 Å². The van der Waals surface area contributed by atoms with E-state index in [2.05, 4.69) is 5.10 Å². The molecule has 0 fully saturated rings. The molecule has 108 valence electrons. The van der Waals surface area contributed by atoms with E-state index in [9.17, 15) is 4.79 Å². The van der Waals surface area contributed by atoms with Gasteiger partial charge in [0.15, 0.2) is 5.65 Å². The topological polar surface area (TPSA) is 42.5 Å². The number of benzene rings is 1. The first-order valence-corrected chi connectivity index (χ1v) is 6.99. The van der Waals surface area contributed by atoms with Gasteiger partial charge >= 0.3 is 5.69 Å². The van der Waals surface area contributed by atoms with Crippen molar-refractivity contribution in [1.82, 2.24) is 19.1 Å². The standard InChI is InChI=1S/C15H15ClN4O/c1-18(10-12-6-2-3-7-13(12)16)11-20-15(21)19-9-5-4-8-14(19)17-20/h2-9H,10-11H2,1H3. The Kier molecular flexibility index (Phi) is 3.77. The predicted molar refractivity (Wildman–Crippen MR) is 82.4 cm³/mol. The van der Waals surface area contributed by atoms with Gasteiger partial charge in [0, 0.05) is 17.8 Å². The summed E-state index contributed by atoms with van der Waals surface area (Å²) in [5.41, 5.74) is 1.53. The lowest BCUT2D eigenvalue weighted by Crippen LogP contribution is -2.30. The van der Waals surface area contributed by atoms with Crippen LogP contribution in [0, 0.1) is 0 Å². The summed E-state index contributed by atoms with van der Waals surface area (Å²) in [6.45, 7) is 1.06. The van der Waals surface area contributed by atoms with E-state index < -0.39 is 0 Å². The van der Waals surface area contributed by atoms with Gasteiger partial charge < -0.3 is 0 Å². The predicted octanol–water partition coefficient (Wildman–Crippen LogP) is 2.24. The number of hydrogen-bond acceptors (Lipinski definition) is 3. The Morgan fingerprint density at radius 1 is 1.19 bits per heavy atom. The Bertz CT molecular complexity index is 824. The van der Waals surface area contributed by atoms with Crippen molar-refractivity contribution in [1.29, 1.82) is 0 Å². The van der Waals surface area contributed by atoms with Crippen molar-refractivity contribution in [2.45, 2.75) is 13.2 Å². The smallest absolute Gasteiger partial charge is 0.283 e. The summed E-state index contributed by atoms with van der Waals surface area (Å²) < 4.78 is 2.98. The normalized spacial score (nSPS) is 11.4. The quantitative estimate of drug-likeness (QED) is 0.742. The van der Waals surface area contributed by atoms with Gasteiger partial charge in [-0.1, -0.05) is 35.9 Å². The molecule has 0 amide bonds. The maximum absolute atomic E-state index is 12.2. The van der Waals surface area contributed by atoms with Crippen LogP contribution in [0.5, 0.6) is 0 Å². The van der Waals surface area contributed by atoms with Crippen LogP contribution in [0.3, 0.4) is 0 Å². The first kappa shape index (κ1) is 13.9. The van der Waals surface area contributed by atoms with Gasteiger partial charge in [-0.25, -0.2) is 4.79 Å². The summed E-state index contributed by atoms with van der Waals surface area (Å²) in [7, 11) is 1.93. The second-order valence-electron chi connectivity index (χ2n) is 4.96. The number of pyridine rings is 1. The molecule has 0 aliphatic carbocycles. The van der Waals surface area contributed by atoms with E-state index in [1.165, 1.54) is 9.08 Å². The number of rotatable bonds is 4. The fourth-order valence-corrected chi connectivity index (χ4v) is 2.45. The first-order chi connectivity index (χ1) is 10.1. The van der Waals surface area contributed by atoms with Crippen molar-refractivity contribution < 1.29 is 0 Å².